The van der Waals surface area contributed by atoms with Crippen molar-refractivity contribution >= 4 is 11.3 Å². The highest BCUT2D eigenvalue weighted by Crippen LogP contribution is 2.22. The van der Waals surface area contributed by atoms with Gasteiger partial charge in [0.25, 0.3) is 6.43 Å². The first-order chi connectivity index (χ1) is 6.68. The van der Waals surface area contributed by atoms with Crippen LogP contribution in [0.1, 0.15) is 17.1 Å². The number of rotatable bonds is 2. The third-order valence-corrected chi connectivity index (χ3v) is 2.41. The topological polar surface area (TPSA) is 43.6 Å². The Morgan fingerprint density at radius 2 is 2.21 bits per heavy atom. The van der Waals surface area contributed by atoms with Crippen LogP contribution in [0.5, 0.6) is 0 Å². The molecule has 2 rings (SSSR count). The Kier molecular flexibility index (Phi) is 2.24. The van der Waals surface area contributed by atoms with Gasteiger partial charge in [0, 0.05) is 6.20 Å². The number of aryl methyl sites for hydroxylation is 1. The summed E-state index contributed by atoms with van der Waals surface area (Å²) in [6.45, 7) is 1.76. The number of nitrogens with zero attached hydrogens (tertiary/aromatic N) is 4. The highest BCUT2D eigenvalue weighted by molar-refractivity contribution is 7.13. The minimum Gasteiger partial charge on any atom is -0.203 e. The minimum atomic E-state index is -2.55. The highest BCUT2D eigenvalue weighted by Gasteiger charge is 2.16. The zero-order valence-electron chi connectivity index (χ0n) is 7.19. The monoisotopic (exact) mass is 216 g/mol. The zero-order valence-corrected chi connectivity index (χ0v) is 8.00. The summed E-state index contributed by atoms with van der Waals surface area (Å²) in [4.78, 5) is 0. The van der Waals surface area contributed by atoms with Gasteiger partial charge in [-0.15, -0.1) is 10.2 Å². The van der Waals surface area contributed by atoms with Crippen molar-refractivity contribution in [2.24, 2.45) is 0 Å². The van der Waals surface area contributed by atoms with Crippen LogP contribution < -0.4 is 0 Å². The van der Waals surface area contributed by atoms with Gasteiger partial charge in [0.2, 0.25) is 5.13 Å². The maximum absolute atomic E-state index is 12.4. The molecule has 2 heterocycles. The van der Waals surface area contributed by atoms with E-state index in [4.69, 9.17) is 0 Å². The van der Waals surface area contributed by atoms with Gasteiger partial charge in [0.05, 0.1) is 0 Å². The average molecular weight is 216 g/mol. The van der Waals surface area contributed by atoms with E-state index < -0.39 is 6.43 Å². The standard InChI is InChI=1S/C7H6F2N4S/c1-4-11-12-7(14-4)13-5(6(8)9)2-3-10-13/h2-3,6H,1H3. The number of hydrogen-bond acceptors (Lipinski definition) is 4. The number of alkyl halides is 2. The molecule has 74 valence electrons. The first kappa shape index (κ1) is 9.20. The van der Waals surface area contributed by atoms with E-state index in [1.165, 1.54) is 23.6 Å². The average Bonchev–Trinajstić information content (AvgIpc) is 2.70. The Hall–Kier alpha value is -1.37. The van der Waals surface area contributed by atoms with Crippen LogP contribution in [0.2, 0.25) is 0 Å². The molecule has 4 nitrogen and oxygen atoms in total. The molecular weight excluding hydrogens is 210 g/mol. The molecule has 0 aliphatic carbocycles. The summed E-state index contributed by atoms with van der Waals surface area (Å²) in [6, 6.07) is 1.27. The van der Waals surface area contributed by atoms with Crippen molar-refractivity contribution in [2.75, 3.05) is 0 Å². The van der Waals surface area contributed by atoms with Gasteiger partial charge in [0.1, 0.15) is 10.7 Å². The molecule has 0 spiro atoms. The second-order valence-corrected chi connectivity index (χ2v) is 3.73. The van der Waals surface area contributed by atoms with E-state index in [2.05, 4.69) is 15.3 Å². The van der Waals surface area contributed by atoms with Crippen LogP contribution >= 0.6 is 11.3 Å². The predicted octanol–water partition coefficient (Wildman–Crippen LogP) is 1.97. The van der Waals surface area contributed by atoms with Crippen LogP contribution in [-0.4, -0.2) is 20.0 Å². The summed E-state index contributed by atoms with van der Waals surface area (Å²) in [5, 5.41) is 12.3. The third kappa shape index (κ3) is 1.50. The number of aromatic nitrogens is 4. The van der Waals surface area contributed by atoms with Crippen LogP contribution in [0.4, 0.5) is 8.78 Å². The van der Waals surface area contributed by atoms with Gasteiger partial charge in [0.15, 0.2) is 0 Å². The minimum absolute atomic E-state index is 0.166. The Morgan fingerprint density at radius 1 is 1.43 bits per heavy atom. The maximum atomic E-state index is 12.4. The Bertz CT molecular complexity index is 436. The molecule has 0 saturated heterocycles. The maximum Gasteiger partial charge on any atom is 0.280 e. The van der Waals surface area contributed by atoms with Gasteiger partial charge >= 0.3 is 0 Å². The summed E-state index contributed by atoms with van der Waals surface area (Å²) in [5.74, 6) is 0. The van der Waals surface area contributed by atoms with E-state index in [1.807, 2.05) is 0 Å². The van der Waals surface area contributed by atoms with Crippen molar-refractivity contribution in [1.82, 2.24) is 20.0 Å². The SMILES string of the molecule is Cc1nnc(-n2nccc2C(F)F)s1. The normalized spacial score (nSPS) is 11.1. The molecule has 0 atom stereocenters. The van der Waals surface area contributed by atoms with E-state index in [9.17, 15) is 8.78 Å². The molecule has 0 fully saturated rings. The van der Waals surface area contributed by atoms with Gasteiger partial charge in [-0.2, -0.15) is 5.10 Å². The van der Waals surface area contributed by atoms with Crippen LogP contribution in [0, 0.1) is 6.92 Å². The molecule has 0 aliphatic rings. The fourth-order valence-corrected chi connectivity index (χ4v) is 1.68. The van der Waals surface area contributed by atoms with Crippen molar-refractivity contribution in [3.8, 4) is 5.13 Å². The molecule has 2 aromatic heterocycles. The lowest BCUT2D eigenvalue weighted by Gasteiger charge is -2.00. The largest absolute Gasteiger partial charge is 0.280 e. The second kappa shape index (κ2) is 3.41. The summed E-state index contributed by atoms with van der Waals surface area (Å²) in [5.41, 5.74) is -0.166. The fourth-order valence-electron chi connectivity index (χ4n) is 1.01. The first-order valence-corrected chi connectivity index (χ1v) is 4.62. The van der Waals surface area contributed by atoms with Gasteiger partial charge in [-0.25, -0.2) is 13.5 Å². The van der Waals surface area contributed by atoms with Crippen molar-refractivity contribution in [1.29, 1.82) is 0 Å². The van der Waals surface area contributed by atoms with E-state index in [0.29, 0.717) is 5.13 Å². The van der Waals surface area contributed by atoms with Crippen molar-refractivity contribution in [3.05, 3.63) is 23.0 Å². The van der Waals surface area contributed by atoms with Crippen LogP contribution in [0.25, 0.3) is 5.13 Å². The highest BCUT2D eigenvalue weighted by atomic mass is 32.1. The van der Waals surface area contributed by atoms with Crippen molar-refractivity contribution in [3.63, 3.8) is 0 Å². The second-order valence-electron chi connectivity index (χ2n) is 2.57. The Morgan fingerprint density at radius 3 is 2.79 bits per heavy atom. The molecule has 0 aromatic carbocycles. The zero-order chi connectivity index (χ0) is 10.1. The van der Waals surface area contributed by atoms with E-state index >= 15 is 0 Å². The Labute approximate surface area is 82.2 Å². The fraction of sp³-hybridized carbons (Fsp3) is 0.286. The Balaban J connectivity index is 2.46. The van der Waals surface area contributed by atoms with E-state index in [-0.39, 0.29) is 5.69 Å². The summed E-state index contributed by atoms with van der Waals surface area (Å²) < 4.78 is 26.0. The first-order valence-electron chi connectivity index (χ1n) is 3.81. The van der Waals surface area contributed by atoms with Crippen LogP contribution in [-0.2, 0) is 0 Å². The quantitative estimate of drug-likeness (QED) is 0.770. The van der Waals surface area contributed by atoms with E-state index in [1.54, 1.807) is 6.92 Å². The molecule has 0 aliphatic heterocycles. The predicted molar refractivity (Wildman–Crippen MR) is 46.7 cm³/mol. The molecule has 0 amide bonds. The van der Waals surface area contributed by atoms with E-state index in [0.717, 1.165) is 9.69 Å². The van der Waals surface area contributed by atoms with Crippen LogP contribution in [0.3, 0.4) is 0 Å². The van der Waals surface area contributed by atoms with Gasteiger partial charge in [-0.3, -0.25) is 0 Å². The molecule has 2 aromatic rings. The van der Waals surface area contributed by atoms with Crippen molar-refractivity contribution < 1.29 is 8.78 Å². The summed E-state index contributed by atoms with van der Waals surface area (Å²) in [7, 11) is 0. The molecule has 7 heteroatoms. The number of halogens is 2. The summed E-state index contributed by atoms with van der Waals surface area (Å²) in [6.07, 6.45) is -1.24. The lowest BCUT2D eigenvalue weighted by Crippen LogP contribution is -2.01. The summed E-state index contributed by atoms with van der Waals surface area (Å²) >= 11 is 1.22. The van der Waals surface area contributed by atoms with Crippen molar-refractivity contribution in [2.45, 2.75) is 13.3 Å². The molecule has 0 bridgehead atoms. The molecule has 0 radical (unpaired) electrons. The molecule has 0 N–H and O–H groups in total. The molecule has 0 unspecified atom stereocenters. The van der Waals surface area contributed by atoms with Crippen LogP contribution in [0.15, 0.2) is 12.3 Å². The smallest absolute Gasteiger partial charge is 0.203 e. The lowest BCUT2D eigenvalue weighted by molar-refractivity contribution is 0.143. The lowest BCUT2D eigenvalue weighted by atomic mass is 10.4. The van der Waals surface area contributed by atoms with Gasteiger partial charge in [-0.05, 0) is 13.0 Å². The molecule has 0 saturated carbocycles. The number of hydrogen-bond donors (Lipinski definition) is 0. The van der Waals surface area contributed by atoms with Gasteiger partial charge < -0.3 is 0 Å². The molecule has 14 heavy (non-hydrogen) atoms. The molecular formula is C7H6F2N4S. The third-order valence-electron chi connectivity index (χ3n) is 1.59. The van der Waals surface area contributed by atoms with Gasteiger partial charge in [-0.1, -0.05) is 11.3 Å².